The first kappa shape index (κ1) is 19.0. The van der Waals surface area contributed by atoms with E-state index in [-0.39, 0.29) is 18.6 Å². The van der Waals surface area contributed by atoms with E-state index >= 15 is 0 Å². The van der Waals surface area contributed by atoms with Gasteiger partial charge in [-0.05, 0) is 36.7 Å². The van der Waals surface area contributed by atoms with Gasteiger partial charge in [-0.25, -0.2) is 0 Å². The molecule has 0 radical (unpaired) electrons. The molecule has 2 rings (SSSR count). The maximum atomic E-state index is 11.1. The number of carbonyl (C=O) groups is 1. The van der Waals surface area contributed by atoms with Crippen LogP contribution in [0.15, 0.2) is 54.6 Å². The number of esters is 1. The van der Waals surface area contributed by atoms with Crippen molar-refractivity contribution in [1.29, 1.82) is 0 Å². The van der Waals surface area contributed by atoms with Crippen LogP contribution in [0.2, 0.25) is 0 Å². The van der Waals surface area contributed by atoms with E-state index in [9.17, 15) is 4.79 Å². The summed E-state index contributed by atoms with van der Waals surface area (Å²) in [5.41, 5.74) is 2.37. The van der Waals surface area contributed by atoms with Crippen molar-refractivity contribution in [2.24, 2.45) is 0 Å². The van der Waals surface area contributed by atoms with E-state index in [1.54, 1.807) is 0 Å². The third-order valence-electron chi connectivity index (χ3n) is 3.95. The van der Waals surface area contributed by atoms with Gasteiger partial charge in [0.1, 0.15) is 12.4 Å². The summed E-state index contributed by atoms with van der Waals surface area (Å²) in [6, 6.07) is 18.5. The lowest BCUT2D eigenvalue weighted by Crippen LogP contribution is -2.40. The average Bonchev–Trinajstić information content (AvgIpc) is 2.67. The largest absolute Gasteiger partial charge is 0.489 e. The van der Waals surface area contributed by atoms with Crippen molar-refractivity contribution < 1.29 is 14.3 Å². The molecule has 5 nitrogen and oxygen atoms in total. The summed E-state index contributed by atoms with van der Waals surface area (Å²) in [5, 5.41) is 6.35. The minimum Gasteiger partial charge on any atom is -0.489 e. The summed E-state index contributed by atoms with van der Waals surface area (Å²) in [5.74, 6) is 0.604. The Kier molecular flexibility index (Phi) is 7.95. The molecule has 0 aliphatic rings. The Balaban J connectivity index is 1.79. The van der Waals surface area contributed by atoms with Crippen molar-refractivity contribution in [2.45, 2.75) is 19.1 Å². The predicted molar refractivity (Wildman–Crippen MR) is 98.7 cm³/mol. The maximum absolute atomic E-state index is 11.1. The van der Waals surface area contributed by atoms with Crippen molar-refractivity contribution in [3.05, 3.63) is 65.7 Å². The molecule has 0 unspecified atom stereocenters. The third-order valence-corrected chi connectivity index (χ3v) is 3.95. The highest BCUT2D eigenvalue weighted by Crippen LogP contribution is 2.15. The zero-order valence-electron chi connectivity index (χ0n) is 14.8. The third kappa shape index (κ3) is 6.95. The molecule has 0 fully saturated rings. The Hall–Kier alpha value is -2.37. The molecule has 2 aromatic carbocycles. The van der Waals surface area contributed by atoms with E-state index in [0.717, 1.165) is 17.7 Å². The van der Waals surface area contributed by atoms with Crippen molar-refractivity contribution in [3.8, 4) is 5.75 Å². The molecule has 2 aromatic rings. The second kappa shape index (κ2) is 10.5. The van der Waals surface area contributed by atoms with Crippen molar-refractivity contribution in [2.75, 3.05) is 27.2 Å². The number of benzene rings is 2. The molecule has 0 amide bonds. The van der Waals surface area contributed by atoms with Gasteiger partial charge in [0.2, 0.25) is 0 Å². The summed E-state index contributed by atoms with van der Waals surface area (Å²) >= 11 is 0. The van der Waals surface area contributed by atoms with Gasteiger partial charge in [-0.2, -0.15) is 0 Å². The minimum atomic E-state index is -0.255. The molecule has 0 aromatic heterocycles. The van der Waals surface area contributed by atoms with Gasteiger partial charge in [-0.15, -0.1) is 0 Å². The highest BCUT2D eigenvalue weighted by atomic mass is 16.5. The highest BCUT2D eigenvalue weighted by molar-refractivity contribution is 5.71. The van der Waals surface area contributed by atoms with E-state index in [0.29, 0.717) is 13.2 Å². The number of nitrogens with one attached hydrogen (secondary N) is 2. The number of hydrogen-bond acceptors (Lipinski definition) is 5. The fraction of sp³-hybridized carbons (Fsp3) is 0.350. The molecule has 2 N–H and O–H groups in total. The topological polar surface area (TPSA) is 59.6 Å². The fourth-order valence-corrected chi connectivity index (χ4v) is 2.44. The van der Waals surface area contributed by atoms with Gasteiger partial charge in [0.15, 0.2) is 0 Å². The first-order valence-corrected chi connectivity index (χ1v) is 8.41. The van der Waals surface area contributed by atoms with Crippen molar-refractivity contribution in [1.82, 2.24) is 10.6 Å². The standard InChI is InChI=1S/C20H26N2O3/c1-21-18(13-22-14-20(23)24-2)12-16-8-10-19(11-9-16)25-15-17-6-4-3-5-7-17/h3-11,18,21-22H,12-15H2,1-2H3/t18-/m0/s1. The molecule has 134 valence electrons. The van der Waals surface area contributed by atoms with Crippen LogP contribution in [0.25, 0.3) is 0 Å². The van der Waals surface area contributed by atoms with Crippen LogP contribution in [0.1, 0.15) is 11.1 Å². The average molecular weight is 342 g/mol. The summed E-state index contributed by atoms with van der Waals surface area (Å²) in [6.07, 6.45) is 0.865. The molecule has 0 aliphatic carbocycles. The van der Waals surface area contributed by atoms with E-state index in [4.69, 9.17) is 4.74 Å². The maximum Gasteiger partial charge on any atom is 0.319 e. The molecule has 0 aliphatic heterocycles. The molecule has 0 saturated carbocycles. The fourth-order valence-electron chi connectivity index (χ4n) is 2.44. The van der Waals surface area contributed by atoms with Crippen LogP contribution in [-0.2, 0) is 22.6 Å². The normalized spacial score (nSPS) is 11.8. The summed E-state index contributed by atoms with van der Waals surface area (Å²) < 4.78 is 10.4. The number of hydrogen-bond donors (Lipinski definition) is 2. The monoisotopic (exact) mass is 342 g/mol. The zero-order valence-corrected chi connectivity index (χ0v) is 14.8. The van der Waals surface area contributed by atoms with E-state index < -0.39 is 0 Å². The van der Waals surface area contributed by atoms with Crippen molar-refractivity contribution >= 4 is 5.97 Å². The summed E-state index contributed by atoms with van der Waals surface area (Å²) in [6.45, 7) is 1.48. The molecule has 25 heavy (non-hydrogen) atoms. The quantitative estimate of drug-likeness (QED) is 0.648. The summed E-state index contributed by atoms with van der Waals surface area (Å²) in [4.78, 5) is 11.1. The lowest BCUT2D eigenvalue weighted by atomic mass is 10.1. The number of carbonyl (C=O) groups excluding carboxylic acids is 1. The number of likely N-dealkylation sites (N-methyl/N-ethyl adjacent to an activating group) is 1. The van der Waals surface area contributed by atoms with Crippen LogP contribution in [-0.4, -0.2) is 39.3 Å². The van der Waals surface area contributed by atoms with Gasteiger partial charge < -0.3 is 20.1 Å². The molecule has 0 heterocycles. The zero-order chi connectivity index (χ0) is 17.9. The molecule has 0 bridgehead atoms. The first-order valence-electron chi connectivity index (χ1n) is 8.41. The SMILES string of the molecule is CN[C@H](CNCC(=O)OC)Cc1ccc(OCc2ccccc2)cc1. The Bertz CT molecular complexity index is 629. The first-order chi connectivity index (χ1) is 12.2. The Labute approximate surface area is 149 Å². The Morgan fingerprint density at radius 1 is 1.04 bits per heavy atom. The van der Waals surface area contributed by atoms with Gasteiger partial charge in [-0.1, -0.05) is 42.5 Å². The molecule has 0 saturated heterocycles. The smallest absolute Gasteiger partial charge is 0.319 e. The number of rotatable bonds is 10. The number of methoxy groups -OCH3 is 1. The van der Waals surface area contributed by atoms with Crippen LogP contribution in [0.5, 0.6) is 5.75 Å². The van der Waals surface area contributed by atoms with Crippen LogP contribution in [0.3, 0.4) is 0 Å². The van der Waals surface area contributed by atoms with Gasteiger partial charge >= 0.3 is 5.97 Å². The lowest BCUT2D eigenvalue weighted by molar-refractivity contribution is -0.139. The second-order valence-electron chi connectivity index (χ2n) is 5.81. The van der Waals surface area contributed by atoms with Gasteiger partial charge in [0.25, 0.3) is 0 Å². The van der Waals surface area contributed by atoms with Gasteiger partial charge in [0.05, 0.1) is 13.7 Å². The van der Waals surface area contributed by atoms with Gasteiger partial charge in [-0.3, -0.25) is 4.79 Å². The van der Waals surface area contributed by atoms with Crippen LogP contribution >= 0.6 is 0 Å². The Morgan fingerprint density at radius 3 is 2.40 bits per heavy atom. The van der Waals surface area contributed by atoms with E-state index in [1.165, 1.54) is 12.7 Å². The molecule has 5 heteroatoms. The molecular weight excluding hydrogens is 316 g/mol. The number of ether oxygens (including phenoxy) is 2. The highest BCUT2D eigenvalue weighted by Gasteiger charge is 2.08. The van der Waals surface area contributed by atoms with Crippen LogP contribution in [0, 0.1) is 0 Å². The molecular formula is C20H26N2O3. The van der Waals surface area contributed by atoms with Crippen LogP contribution in [0.4, 0.5) is 0 Å². The van der Waals surface area contributed by atoms with E-state index in [1.807, 2.05) is 49.5 Å². The predicted octanol–water partition coefficient (Wildman–Crippen LogP) is 2.16. The van der Waals surface area contributed by atoms with Crippen LogP contribution < -0.4 is 15.4 Å². The van der Waals surface area contributed by atoms with Gasteiger partial charge in [0, 0.05) is 12.6 Å². The lowest BCUT2D eigenvalue weighted by Gasteiger charge is -2.17. The molecule has 1 atom stereocenters. The second-order valence-corrected chi connectivity index (χ2v) is 5.81. The summed E-state index contributed by atoms with van der Waals surface area (Å²) in [7, 11) is 3.31. The Morgan fingerprint density at radius 2 is 1.76 bits per heavy atom. The molecule has 0 spiro atoms. The minimum absolute atomic E-state index is 0.223. The van der Waals surface area contributed by atoms with Crippen molar-refractivity contribution in [3.63, 3.8) is 0 Å². The van der Waals surface area contributed by atoms with E-state index in [2.05, 4.69) is 27.5 Å².